The van der Waals surface area contributed by atoms with Crippen molar-refractivity contribution < 1.29 is 19.1 Å². The number of carbonyl (C=O) groups is 2. The molecule has 0 radical (unpaired) electrons. The van der Waals surface area contributed by atoms with E-state index in [1.807, 2.05) is 0 Å². The number of ether oxygens (including phenoxy) is 2. The maximum absolute atomic E-state index is 12.2. The number of nitrogens with one attached hydrogen (secondary N) is 1. The van der Waals surface area contributed by atoms with Crippen LogP contribution < -0.4 is 10.1 Å². The number of thioether (sulfide) groups is 1. The van der Waals surface area contributed by atoms with Gasteiger partial charge >= 0.3 is 5.97 Å². The molecule has 8 heteroatoms. The molecule has 0 aliphatic carbocycles. The van der Waals surface area contributed by atoms with Crippen LogP contribution in [0.3, 0.4) is 0 Å². The number of anilines is 1. The van der Waals surface area contributed by atoms with E-state index < -0.39 is 18.0 Å². The molecule has 0 saturated carbocycles. The Balaban J connectivity index is 1.77. The van der Waals surface area contributed by atoms with E-state index in [9.17, 15) is 9.59 Å². The van der Waals surface area contributed by atoms with Gasteiger partial charge < -0.3 is 19.7 Å². The number of hydrogen-bond donors (Lipinski definition) is 1. The predicted molar refractivity (Wildman–Crippen MR) is 103 cm³/mol. The number of carbonyl (C=O) groups excluding carboxylic acids is 2. The first-order valence-electron chi connectivity index (χ1n) is 8.06. The van der Waals surface area contributed by atoms with E-state index in [0.717, 1.165) is 25.9 Å². The monoisotopic (exact) mass is 382 g/mol. The van der Waals surface area contributed by atoms with Crippen LogP contribution in [-0.2, 0) is 14.3 Å². The van der Waals surface area contributed by atoms with Crippen LogP contribution in [0, 0.1) is 0 Å². The number of methoxy groups -OCH3 is 1. The van der Waals surface area contributed by atoms with Crippen molar-refractivity contribution in [3.05, 3.63) is 24.3 Å². The summed E-state index contributed by atoms with van der Waals surface area (Å²) >= 11 is 6.58. The third kappa shape index (κ3) is 5.89. The number of benzene rings is 1. The lowest BCUT2D eigenvalue weighted by Gasteiger charge is -2.18. The van der Waals surface area contributed by atoms with Gasteiger partial charge in [0.05, 0.1) is 18.6 Å². The Labute approximate surface area is 157 Å². The molecular formula is C17H22N2O4S2. The average molecular weight is 383 g/mol. The summed E-state index contributed by atoms with van der Waals surface area (Å²) in [4.78, 5) is 26.2. The van der Waals surface area contributed by atoms with Crippen molar-refractivity contribution in [2.24, 2.45) is 0 Å². The van der Waals surface area contributed by atoms with E-state index in [2.05, 4.69) is 10.2 Å². The first-order chi connectivity index (χ1) is 12.0. The number of likely N-dealkylation sites (tertiary alicyclic amines) is 1. The van der Waals surface area contributed by atoms with Crippen molar-refractivity contribution in [2.45, 2.75) is 25.9 Å². The first kappa shape index (κ1) is 19.5. The van der Waals surface area contributed by atoms with Gasteiger partial charge in [0.1, 0.15) is 10.1 Å². The largest absolute Gasteiger partial charge is 0.495 e. The molecule has 1 aliphatic rings. The molecule has 1 aromatic carbocycles. The highest BCUT2D eigenvalue weighted by molar-refractivity contribution is 8.23. The van der Waals surface area contributed by atoms with Crippen LogP contribution in [0.15, 0.2) is 24.3 Å². The van der Waals surface area contributed by atoms with E-state index in [1.165, 1.54) is 25.8 Å². The highest BCUT2D eigenvalue weighted by Crippen LogP contribution is 2.23. The molecule has 1 amide bonds. The molecule has 1 atom stereocenters. The molecule has 1 aliphatic heterocycles. The van der Waals surface area contributed by atoms with Gasteiger partial charge in [0.2, 0.25) is 0 Å². The van der Waals surface area contributed by atoms with Crippen LogP contribution >= 0.6 is 24.0 Å². The second-order valence-corrected chi connectivity index (χ2v) is 7.18. The number of esters is 1. The van der Waals surface area contributed by atoms with Crippen LogP contribution in [0.2, 0.25) is 0 Å². The molecule has 0 aromatic heterocycles. The third-order valence-corrected chi connectivity index (χ3v) is 5.22. The van der Waals surface area contributed by atoms with Crippen molar-refractivity contribution in [1.82, 2.24) is 4.90 Å². The maximum atomic E-state index is 12.2. The Morgan fingerprint density at radius 3 is 2.68 bits per heavy atom. The number of thiocarbonyl (C=S) groups is 1. The minimum atomic E-state index is -0.904. The number of nitrogens with zero attached hydrogens (tertiary/aromatic N) is 1. The Bertz CT molecular complexity index is 633. The van der Waals surface area contributed by atoms with E-state index in [-0.39, 0.29) is 5.75 Å². The van der Waals surface area contributed by atoms with E-state index >= 15 is 0 Å². The Morgan fingerprint density at radius 2 is 2.00 bits per heavy atom. The standard InChI is InChI=1S/C17H22N2O4S2/c1-12(16(21)18-13-7-3-4-8-14(13)22-2)23-15(20)11-25-17(24)19-9-5-6-10-19/h3-4,7-8,12H,5-6,9-11H2,1-2H3,(H,18,21)/t12-/m0/s1. The van der Waals surface area contributed by atoms with Gasteiger partial charge in [0, 0.05) is 13.1 Å². The maximum Gasteiger partial charge on any atom is 0.317 e. The van der Waals surface area contributed by atoms with Crippen LogP contribution in [0.4, 0.5) is 5.69 Å². The fraction of sp³-hybridized carbons (Fsp3) is 0.471. The molecular weight excluding hydrogens is 360 g/mol. The molecule has 1 N–H and O–H groups in total. The van der Waals surface area contributed by atoms with Gasteiger partial charge in [-0.25, -0.2) is 0 Å². The highest BCUT2D eigenvalue weighted by Gasteiger charge is 2.21. The summed E-state index contributed by atoms with van der Waals surface area (Å²) in [5.41, 5.74) is 0.530. The number of para-hydroxylation sites is 2. The topological polar surface area (TPSA) is 67.9 Å². The van der Waals surface area contributed by atoms with E-state index in [4.69, 9.17) is 21.7 Å². The fourth-order valence-corrected chi connectivity index (χ4v) is 3.41. The van der Waals surface area contributed by atoms with Crippen LogP contribution in [0.1, 0.15) is 19.8 Å². The van der Waals surface area contributed by atoms with Crippen molar-refractivity contribution >= 4 is 45.9 Å². The summed E-state index contributed by atoms with van der Waals surface area (Å²) in [6, 6.07) is 7.04. The molecule has 6 nitrogen and oxygen atoms in total. The molecule has 1 fully saturated rings. The molecule has 136 valence electrons. The summed E-state index contributed by atoms with van der Waals surface area (Å²) < 4.78 is 11.1. The molecule has 1 heterocycles. The van der Waals surface area contributed by atoms with Crippen LogP contribution in [-0.4, -0.2) is 53.2 Å². The summed E-state index contributed by atoms with van der Waals surface area (Å²) in [6.45, 7) is 3.42. The van der Waals surface area contributed by atoms with Crippen LogP contribution in [0.25, 0.3) is 0 Å². The predicted octanol–water partition coefficient (Wildman–Crippen LogP) is 2.68. The molecule has 0 bridgehead atoms. The van der Waals surface area contributed by atoms with Crippen molar-refractivity contribution in [2.75, 3.05) is 31.3 Å². The lowest BCUT2D eigenvalue weighted by atomic mass is 10.2. The second-order valence-electron chi connectivity index (χ2n) is 5.57. The quantitative estimate of drug-likeness (QED) is 0.599. The van der Waals surface area contributed by atoms with Gasteiger partial charge in [-0.1, -0.05) is 36.1 Å². The van der Waals surface area contributed by atoms with Crippen molar-refractivity contribution in [3.8, 4) is 5.75 Å². The normalized spacial score (nSPS) is 14.7. The van der Waals surface area contributed by atoms with Gasteiger partial charge in [-0.2, -0.15) is 0 Å². The average Bonchev–Trinajstić information content (AvgIpc) is 3.14. The number of amides is 1. The van der Waals surface area contributed by atoms with Crippen molar-refractivity contribution in [3.63, 3.8) is 0 Å². The minimum Gasteiger partial charge on any atom is -0.495 e. The highest BCUT2D eigenvalue weighted by atomic mass is 32.2. The summed E-state index contributed by atoms with van der Waals surface area (Å²) in [7, 11) is 1.52. The zero-order chi connectivity index (χ0) is 18.2. The van der Waals surface area contributed by atoms with E-state index in [0.29, 0.717) is 15.8 Å². The molecule has 1 saturated heterocycles. The summed E-state index contributed by atoms with van der Waals surface area (Å²) in [6.07, 6.45) is 1.36. The van der Waals surface area contributed by atoms with Gasteiger partial charge in [0.25, 0.3) is 5.91 Å². The van der Waals surface area contributed by atoms with Gasteiger partial charge in [-0.15, -0.1) is 0 Å². The van der Waals surface area contributed by atoms with Gasteiger partial charge in [-0.3, -0.25) is 9.59 Å². The molecule has 2 rings (SSSR count). The lowest BCUT2D eigenvalue weighted by molar-refractivity contribution is -0.150. The van der Waals surface area contributed by atoms with Crippen molar-refractivity contribution in [1.29, 1.82) is 0 Å². The third-order valence-electron chi connectivity index (χ3n) is 3.72. The second kappa shape index (κ2) is 9.62. The Kier molecular flexibility index (Phi) is 7.52. The van der Waals surface area contributed by atoms with Gasteiger partial charge in [0.15, 0.2) is 6.10 Å². The molecule has 1 aromatic rings. The summed E-state index contributed by atoms with van der Waals surface area (Å²) in [5, 5.41) is 2.69. The molecule has 0 spiro atoms. The number of hydrogen-bond acceptors (Lipinski definition) is 6. The summed E-state index contributed by atoms with van der Waals surface area (Å²) in [5.74, 6) is -0.234. The Morgan fingerprint density at radius 1 is 1.32 bits per heavy atom. The zero-order valence-corrected chi connectivity index (χ0v) is 16.0. The first-order valence-corrected chi connectivity index (χ1v) is 9.45. The number of rotatable bonds is 6. The minimum absolute atomic E-state index is 0.0988. The Hall–Kier alpha value is -1.80. The van der Waals surface area contributed by atoms with Gasteiger partial charge in [-0.05, 0) is 31.9 Å². The SMILES string of the molecule is COc1ccccc1NC(=O)[C@H](C)OC(=O)CSC(=S)N1CCCC1. The molecule has 25 heavy (non-hydrogen) atoms. The zero-order valence-electron chi connectivity index (χ0n) is 14.3. The van der Waals surface area contributed by atoms with Crippen LogP contribution in [0.5, 0.6) is 5.75 Å². The fourth-order valence-electron chi connectivity index (χ4n) is 2.38. The lowest BCUT2D eigenvalue weighted by Crippen LogP contribution is -2.31. The van der Waals surface area contributed by atoms with E-state index in [1.54, 1.807) is 24.3 Å². The molecule has 0 unspecified atom stereocenters. The smallest absolute Gasteiger partial charge is 0.317 e.